The molecule has 0 saturated carbocycles. The molecule has 19 heavy (non-hydrogen) atoms. The number of nitrogens with one attached hydrogen (secondary N) is 2. The molecule has 8 heteroatoms. The molecule has 0 radical (unpaired) electrons. The minimum absolute atomic E-state index is 0.117. The van der Waals surface area contributed by atoms with Crippen molar-refractivity contribution in [3.8, 4) is 0 Å². The lowest BCUT2D eigenvalue weighted by molar-refractivity contribution is 0.0957. The van der Waals surface area contributed by atoms with Crippen molar-refractivity contribution >= 4 is 21.6 Å². The molecule has 2 N–H and O–H groups in total. The van der Waals surface area contributed by atoms with Gasteiger partial charge in [0.15, 0.2) is 15.5 Å². The minimum Gasteiger partial charge on any atom is -0.365 e. The molecule has 1 atom stereocenters. The molecule has 1 unspecified atom stereocenters. The highest BCUT2D eigenvalue weighted by Crippen LogP contribution is 2.15. The molecular weight excluding hydrogens is 268 g/mol. The Morgan fingerprint density at radius 3 is 2.74 bits per heavy atom. The molecule has 1 aliphatic rings. The number of aromatic nitrogens is 2. The Morgan fingerprint density at radius 2 is 2.16 bits per heavy atom. The molecule has 104 valence electrons. The summed E-state index contributed by atoms with van der Waals surface area (Å²) in [6, 6.07) is 3.03. The lowest BCUT2D eigenvalue weighted by Gasteiger charge is -2.23. The van der Waals surface area contributed by atoms with Crippen LogP contribution < -0.4 is 10.6 Å². The Hall–Kier alpha value is -1.70. The minimum atomic E-state index is -2.95. The van der Waals surface area contributed by atoms with Gasteiger partial charge in [0.25, 0.3) is 5.91 Å². The van der Waals surface area contributed by atoms with Gasteiger partial charge in [-0.1, -0.05) is 0 Å². The molecule has 0 aliphatic carbocycles. The molecule has 0 aromatic carbocycles. The monoisotopic (exact) mass is 284 g/mol. The van der Waals surface area contributed by atoms with Crippen LogP contribution in [0.25, 0.3) is 0 Å². The zero-order valence-electron chi connectivity index (χ0n) is 10.6. The Balaban J connectivity index is 2.01. The molecule has 0 spiro atoms. The van der Waals surface area contributed by atoms with Crippen LogP contribution in [0, 0.1) is 0 Å². The number of amides is 1. The lowest BCUT2D eigenvalue weighted by atomic mass is 10.2. The SMILES string of the molecule is CNC(=O)c1ccc(NC2CCCS(=O)(=O)C2)nn1. The number of nitrogens with zero attached hydrogens (tertiary/aromatic N) is 2. The van der Waals surface area contributed by atoms with Gasteiger partial charge in [-0.3, -0.25) is 4.79 Å². The number of hydrogen-bond acceptors (Lipinski definition) is 6. The number of carbonyl (C=O) groups excluding carboxylic acids is 1. The molecule has 1 fully saturated rings. The summed E-state index contributed by atoms with van der Waals surface area (Å²) in [5.74, 6) is 0.548. The van der Waals surface area contributed by atoms with Crippen molar-refractivity contribution in [1.82, 2.24) is 15.5 Å². The van der Waals surface area contributed by atoms with Crippen molar-refractivity contribution in [2.75, 3.05) is 23.9 Å². The second-order valence-electron chi connectivity index (χ2n) is 4.48. The van der Waals surface area contributed by atoms with Gasteiger partial charge in [-0.15, -0.1) is 10.2 Å². The summed E-state index contributed by atoms with van der Waals surface area (Å²) in [6.07, 6.45) is 1.45. The van der Waals surface area contributed by atoms with Gasteiger partial charge in [0.1, 0.15) is 5.82 Å². The maximum atomic E-state index is 11.5. The summed E-state index contributed by atoms with van der Waals surface area (Å²) in [4.78, 5) is 11.3. The van der Waals surface area contributed by atoms with E-state index in [0.717, 1.165) is 6.42 Å². The normalized spacial score (nSPS) is 21.6. The van der Waals surface area contributed by atoms with Crippen LogP contribution in [0.15, 0.2) is 12.1 Å². The predicted molar refractivity (Wildman–Crippen MR) is 70.7 cm³/mol. The van der Waals surface area contributed by atoms with Crippen LogP contribution >= 0.6 is 0 Å². The Morgan fingerprint density at radius 1 is 1.37 bits per heavy atom. The second kappa shape index (κ2) is 5.52. The van der Waals surface area contributed by atoms with E-state index in [-0.39, 0.29) is 29.1 Å². The van der Waals surface area contributed by atoms with Crippen LogP contribution in [0.4, 0.5) is 5.82 Å². The quantitative estimate of drug-likeness (QED) is 0.799. The van der Waals surface area contributed by atoms with Gasteiger partial charge in [0.2, 0.25) is 0 Å². The number of carbonyl (C=O) groups is 1. The third-order valence-corrected chi connectivity index (χ3v) is 4.76. The Kier molecular flexibility index (Phi) is 3.98. The first-order chi connectivity index (χ1) is 9.00. The topological polar surface area (TPSA) is 101 Å². The fraction of sp³-hybridized carbons (Fsp3) is 0.545. The molecule has 7 nitrogen and oxygen atoms in total. The van der Waals surface area contributed by atoms with Crippen LogP contribution in [0.5, 0.6) is 0 Å². The van der Waals surface area contributed by atoms with E-state index in [2.05, 4.69) is 20.8 Å². The summed E-state index contributed by atoms with van der Waals surface area (Å²) in [7, 11) is -1.44. The van der Waals surface area contributed by atoms with Crippen LogP contribution in [0.1, 0.15) is 23.3 Å². The zero-order valence-corrected chi connectivity index (χ0v) is 11.4. The van der Waals surface area contributed by atoms with E-state index < -0.39 is 9.84 Å². The fourth-order valence-electron chi connectivity index (χ4n) is 2.00. The molecule has 1 amide bonds. The largest absolute Gasteiger partial charge is 0.365 e. The smallest absolute Gasteiger partial charge is 0.271 e. The zero-order chi connectivity index (χ0) is 13.9. The molecular formula is C11H16N4O3S. The van der Waals surface area contributed by atoms with Crippen LogP contribution in [-0.2, 0) is 9.84 Å². The van der Waals surface area contributed by atoms with Crippen molar-refractivity contribution in [3.05, 3.63) is 17.8 Å². The molecule has 1 aromatic rings. The molecule has 1 saturated heterocycles. The van der Waals surface area contributed by atoms with Gasteiger partial charge in [0.05, 0.1) is 11.5 Å². The summed E-state index contributed by atoms with van der Waals surface area (Å²) >= 11 is 0. The summed E-state index contributed by atoms with van der Waals surface area (Å²) < 4.78 is 23.0. The lowest BCUT2D eigenvalue weighted by Crippen LogP contribution is -2.35. The third-order valence-electron chi connectivity index (χ3n) is 2.94. The van der Waals surface area contributed by atoms with Gasteiger partial charge >= 0.3 is 0 Å². The van der Waals surface area contributed by atoms with Crippen molar-refractivity contribution in [1.29, 1.82) is 0 Å². The van der Waals surface area contributed by atoms with E-state index in [4.69, 9.17) is 0 Å². The van der Waals surface area contributed by atoms with E-state index in [9.17, 15) is 13.2 Å². The van der Waals surface area contributed by atoms with Crippen LogP contribution in [0.2, 0.25) is 0 Å². The summed E-state index contributed by atoms with van der Waals surface area (Å²) in [5, 5.41) is 13.1. The first-order valence-electron chi connectivity index (χ1n) is 6.03. The van der Waals surface area contributed by atoms with Crippen molar-refractivity contribution in [3.63, 3.8) is 0 Å². The molecule has 1 aliphatic heterocycles. The molecule has 0 bridgehead atoms. The van der Waals surface area contributed by atoms with Crippen molar-refractivity contribution in [2.45, 2.75) is 18.9 Å². The maximum Gasteiger partial charge on any atom is 0.271 e. The van der Waals surface area contributed by atoms with Crippen molar-refractivity contribution < 1.29 is 13.2 Å². The number of sulfone groups is 1. The fourth-order valence-corrected chi connectivity index (χ4v) is 3.64. The highest BCUT2D eigenvalue weighted by molar-refractivity contribution is 7.91. The second-order valence-corrected chi connectivity index (χ2v) is 6.71. The third kappa shape index (κ3) is 3.63. The van der Waals surface area contributed by atoms with Crippen LogP contribution in [0.3, 0.4) is 0 Å². The first kappa shape index (κ1) is 13.7. The molecule has 2 rings (SSSR count). The number of anilines is 1. The number of rotatable bonds is 3. The van der Waals surface area contributed by atoms with Gasteiger partial charge in [-0.2, -0.15) is 0 Å². The summed E-state index contributed by atoms with van der Waals surface area (Å²) in [5.41, 5.74) is 0.226. The molecule has 1 aromatic heterocycles. The van der Waals surface area contributed by atoms with Crippen LogP contribution in [-0.4, -0.2) is 49.1 Å². The average molecular weight is 284 g/mol. The average Bonchev–Trinajstić information content (AvgIpc) is 2.37. The van der Waals surface area contributed by atoms with E-state index >= 15 is 0 Å². The maximum absolute atomic E-state index is 11.5. The standard InChI is InChI=1S/C11H16N4O3S/c1-12-11(16)9-4-5-10(15-14-9)13-8-3-2-6-19(17,18)7-8/h4-5,8H,2-3,6-7H2,1H3,(H,12,16)(H,13,15). The van der Waals surface area contributed by atoms with E-state index in [0.29, 0.717) is 12.2 Å². The first-order valence-corrected chi connectivity index (χ1v) is 7.85. The number of hydrogen-bond donors (Lipinski definition) is 2. The van der Waals surface area contributed by atoms with Gasteiger partial charge in [-0.05, 0) is 25.0 Å². The Bertz CT molecular complexity index is 556. The Labute approximate surface area is 111 Å². The predicted octanol–water partition coefficient (Wildman–Crippen LogP) is -0.175. The van der Waals surface area contributed by atoms with Crippen molar-refractivity contribution in [2.24, 2.45) is 0 Å². The van der Waals surface area contributed by atoms with Gasteiger partial charge in [-0.25, -0.2) is 8.42 Å². The van der Waals surface area contributed by atoms with E-state index in [1.54, 1.807) is 12.1 Å². The van der Waals surface area contributed by atoms with E-state index in [1.165, 1.54) is 7.05 Å². The highest BCUT2D eigenvalue weighted by atomic mass is 32.2. The highest BCUT2D eigenvalue weighted by Gasteiger charge is 2.24. The summed E-state index contributed by atoms with van der Waals surface area (Å²) in [6.45, 7) is 0. The van der Waals surface area contributed by atoms with Gasteiger partial charge < -0.3 is 10.6 Å². The molecule has 2 heterocycles. The van der Waals surface area contributed by atoms with E-state index in [1.807, 2.05) is 0 Å². The van der Waals surface area contributed by atoms with Gasteiger partial charge in [0, 0.05) is 13.1 Å².